The lowest BCUT2D eigenvalue weighted by molar-refractivity contribution is 0.0639. The highest BCUT2D eigenvalue weighted by atomic mass is 19.1. The molecule has 0 fully saturated rings. The first-order chi connectivity index (χ1) is 7.44. The van der Waals surface area contributed by atoms with Crippen LogP contribution in [-0.4, -0.2) is 18.8 Å². The standard InChI is InChI=1S/C11H16FN3O/c1-11(2)10(14-3)15-8-5-6(13)4-7(12)9(8)16-11/h4-5,10,14-15H,13H2,1-3H3. The van der Waals surface area contributed by atoms with Crippen molar-refractivity contribution >= 4 is 11.4 Å². The van der Waals surface area contributed by atoms with Crippen molar-refractivity contribution < 1.29 is 9.13 Å². The highest BCUT2D eigenvalue weighted by Crippen LogP contribution is 2.38. The van der Waals surface area contributed by atoms with Gasteiger partial charge in [0, 0.05) is 11.8 Å². The number of hydrogen-bond donors (Lipinski definition) is 3. The molecule has 0 aromatic heterocycles. The number of benzene rings is 1. The lowest BCUT2D eigenvalue weighted by Crippen LogP contribution is -2.56. The van der Waals surface area contributed by atoms with Crippen LogP contribution in [0.1, 0.15) is 13.8 Å². The van der Waals surface area contributed by atoms with Crippen LogP contribution < -0.4 is 21.1 Å². The lowest BCUT2D eigenvalue weighted by Gasteiger charge is -2.40. The summed E-state index contributed by atoms with van der Waals surface area (Å²) in [5, 5.41) is 6.24. The summed E-state index contributed by atoms with van der Waals surface area (Å²) in [4.78, 5) is 0. The first-order valence-electron chi connectivity index (χ1n) is 5.16. The van der Waals surface area contributed by atoms with E-state index < -0.39 is 11.4 Å². The van der Waals surface area contributed by atoms with Gasteiger partial charge in [0.1, 0.15) is 11.8 Å². The van der Waals surface area contributed by atoms with Crippen LogP contribution in [-0.2, 0) is 0 Å². The Balaban J connectivity index is 2.46. The van der Waals surface area contributed by atoms with Crippen molar-refractivity contribution in [3.05, 3.63) is 17.9 Å². The van der Waals surface area contributed by atoms with Gasteiger partial charge in [-0.05, 0) is 27.0 Å². The Morgan fingerprint density at radius 2 is 2.19 bits per heavy atom. The third-order valence-electron chi connectivity index (χ3n) is 2.71. The third-order valence-corrected chi connectivity index (χ3v) is 2.71. The molecule has 0 amide bonds. The minimum atomic E-state index is -0.529. The molecule has 88 valence electrons. The molecule has 0 saturated heterocycles. The van der Waals surface area contributed by atoms with Gasteiger partial charge < -0.3 is 15.8 Å². The van der Waals surface area contributed by atoms with E-state index in [2.05, 4.69) is 10.6 Å². The molecule has 1 aliphatic rings. The predicted octanol–water partition coefficient (Wildman–Crippen LogP) is 1.54. The molecule has 1 aromatic rings. The number of likely N-dealkylation sites (N-methyl/N-ethyl adjacent to an activating group) is 1. The zero-order valence-electron chi connectivity index (χ0n) is 9.60. The molecule has 16 heavy (non-hydrogen) atoms. The molecule has 4 N–H and O–H groups in total. The van der Waals surface area contributed by atoms with Gasteiger partial charge in [0.25, 0.3) is 0 Å². The van der Waals surface area contributed by atoms with E-state index in [0.717, 1.165) is 0 Å². The van der Waals surface area contributed by atoms with Crippen LogP contribution in [0.3, 0.4) is 0 Å². The molecule has 1 heterocycles. The Morgan fingerprint density at radius 3 is 2.81 bits per heavy atom. The van der Waals surface area contributed by atoms with E-state index in [0.29, 0.717) is 11.4 Å². The summed E-state index contributed by atoms with van der Waals surface area (Å²) in [5.41, 5.74) is 6.01. The number of ether oxygens (including phenoxy) is 1. The van der Waals surface area contributed by atoms with E-state index in [9.17, 15) is 4.39 Å². The van der Waals surface area contributed by atoms with Crippen LogP contribution in [0.25, 0.3) is 0 Å². The Morgan fingerprint density at radius 1 is 1.50 bits per heavy atom. The van der Waals surface area contributed by atoms with Crippen molar-refractivity contribution in [3.8, 4) is 5.75 Å². The summed E-state index contributed by atoms with van der Waals surface area (Å²) >= 11 is 0. The fraction of sp³-hybridized carbons (Fsp3) is 0.455. The number of nitrogens with one attached hydrogen (secondary N) is 2. The maximum absolute atomic E-state index is 13.6. The average Bonchev–Trinajstić information content (AvgIpc) is 2.18. The van der Waals surface area contributed by atoms with Gasteiger partial charge in [-0.1, -0.05) is 0 Å². The third kappa shape index (κ3) is 1.67. The number of fused-ring (bicyclic) bond motifs is 1. The molecule has 1 unspecified atom stereocenters. The summed E-state index contributed by atoms with van der Waals surface area (Å²) in [5.74, 6) is -0.212. The molecular formula is C11H16FN3O. The highest BCUT2D eigenvalue weighted by Gasteiger charge is 2.37. The van der Waals surface area contributed by atoms with Crippen molar-refractivity contribution in [2.45, 2.75) is 25.6 Å². The SMILES string of the molecule is CNC1Nc2cc(N)cc(F)c2OC1(C)C. The van der Waals surface area contributed by atoms with Crippen LogP contribution in [0, 0.1) is 5.82 Å². The topological polar surface area (TPSA) is 59.3 Å². The normalized spacial score (nSPS) is 21.9. The fourth-order valence-electron chi connectivity index (χ4n) is 1.90. The van der Waals surface area contributed by atoms with E-state index in [-0.39, 0.29) is 11.9 Å². The molecule has 0 bridgehead atoms. The molecule has 4 nitrogen and oxygen atoms in total. The first-order valence-corrected chi connectivity index (χ1v) is 5.16. The minimum Gasteiger partial charge on any atom is -0.479 e. The minimum absolute atomic E-state index is 0.0961. The zero-order chi connectivity index (χ0) is 11.9. The van der Waals surface area contributed by atoms with E-state index in [1.165, 1.54) is 6.07 Å². The second-order valence-corrected chi connectivity index (χ2v) is 4.45. The number of hydrogen-bond acceptors (Lipinski definition) is 4. The Bertz CT molecular complexity index is 420. The first kappa shape index (κ1) is 11.0. The molecule has 1 atom stereocenters. The molecule has 0 saturated carbocycles. The summed E-state index contributed by atoms with van der Waals surface area (Å²) in [6, 6.07) is 2.92. The lowest BCUT2D eigenvalue weighted by atomic mass is 10.0. The molecule has 0 spiro atoms. The molecule has 2 rings (SSSR count). The summed E-state index contributed by atoms with van der Waals surface area (Å²) < 4.78 is 19.3. The van der Waals surface area contributed by atoms with Gasteiger partial charge in [0.05, 0.1) is 5.69 Å². The van der Waals surface area contributed by atoms with Gasteiger partial charge in [-0.25, -0.2) is 4.39 Å². The maximum Gasteiger partial charge on any atom is 0.179 e. The quantitative estimate of drug-likeness (QED) is 0.634. The van der Waals surface area contributed by atoms with Gasteiger partial charge in [-0.15, -0.1) is 0 Å². The Kier molecular flexibility index (Phi) is 2.42. The van der Waals surface area contributed by atoms with Crippen molar-refractivity contribution in [2.75, 3.05) is 18.1 Å². The second-order valence-electron chi connectivity index (χ2n) is 4.45. The molecule has 0 radical (unpaired) electrons. The molecule has 5 heteroatoms. The van der Waals surface area contributed by atoms with Gasteiger partial charge in [-0.2, -0.15) is 0 Å². The van der Waals surface area contributed by atoms with Crippen molar-refractivity contribution in [2.24, 2.45) is 0 Å². The largest absolute Gasteiger partial charge is 0.479 e. The van der Waals surface area contributed by atoms with Crippen LogP contribution in [0.5, 0.6) is 5.75 Å². The van der Waals surface area contributed by atoms with E-state index in [1.807, 2.05) is 20.9 Å². The van der Waals surface area contributed by atoms with Gasteiger partial charge >= 0.3 is 0 Å². The number of anilines is 2. The summed E-state index contributed by atoms with van der Waals surface area (Å²) in [6.07, 6.45) is -0.0961. The Hall–Kier alpha value is -1.49. The predicted molar refractivity (Wildman–Crippen MR) is 62.0 cm³/mol. The maximum atomic E-state index is 13.6. The molecular weight excluding hydrogens is 209 g/mol. The van der Waals surface area contributed by atoms with E-state index >= 15 is 0 Å². The smallest absolute Gasteiger partial charge is 0.179 e. The van der Waals surface area contributed by atoms with Crippen LogP contribution in [0.15, 0.2) is 12.1 Å². The monoisotopic (exact) mass is 225 g/mol. The van der Waals surface area contributed by atoms with Crippen LogP contribution in [0.4, 0.5) is 15.8 Å². The second kappa shape index (κ2) is 3.52. The van der Waals surface area contributed by atoms with E-state index in [1.54, 1.807) is 6.07 Å². The number of nitrogens with two attached hydrogens (primary N) is 1. The molecule has 1 aromatic carbocycles. The zero-order valence-corrected chi connectivity index (χ0v) is 9.60. The van der Waals surface area contributed by atoms with Gasteiger partial charge in [0.15, 0.2) is 11.6 Å². The fourth-order valence-corrected chi connectivity index (χ4v) is 1.90. The number of nitrogen functional groups attached to an aromatic ring is 1. The van der Waals surface area contributed by atoms with Crippen LogP contribution >= 0.6 is 0 Å². The molecule has 0 aliphatic carbocycles. The Labute approximate surface area is 94.0 Å². The number of rotatable bonds is 1. The van der Waals surface area contributed by atoms with E-state index in [4.69, 9.17) is 10.5 Å². The molecule has 1 aliphatic heterocycles. The average molecular weight is 225 g/mol. The highest BCUT2D eigenvalue weighted by molar-refractivity contribution is 5.66. The van der Waals surface area contributed by atoms with Gasteiger partial charge in [0.2, 0.25) is 0 Å². The van der Waals surface area contributed by atoms with Gasteiger partial charge in [-0.3, -0.25) is 5.32 Å². The summed E-state index contributed by atoms with van der Waals surface area (Å²) in [7, 11) is 1.82. The van der Waals surface area contributed by atoms with Crippen LogP contribution in [0.2, 0.25) is 0 Å². The summed E-state index contributed by atoms with van der Waals surface area (Å²) in [6.45, 7) is 3.78. The number of halogens is 1. The van der Waals surface area contributed by atoms with Crippen molar-refractivity contribution in [1.82, 2.24) is 5.32 Å². The van der Waals surface area contributed by atoms with Crippen molar-refractivity contribution in [1.29, 1.82) is 0 Å². The van der Waals surface area contributed by atoms with Crippen molar-refractivity contribution in [3.63, 3.8) is 0 Å².